The number of carbonyl (C=O) groups excluding carboxylic acids is 4. The van der Waals surface area contributed by atoms with E-state index >= 15 is 0 Å². The number of carbonyl (C=O) groups is 4. The van der Waals surface area contributed by atoms with E-state index in [2.05, 4.69) is 5.32 Å². The van der Waals surface area contributed by atoms with Gasteiger partial charge in [-0.15, -0.1) is 0 Å². The molecule has 32 heavy (non-hydrogen) atoms. The molecule has 0 aliphatic carbocycles. The quantitative estimate of drug-likeness (QED) is 0.448. The largest absolute Gasteiger partial charge is 0.459 e. The van der Waals surface area contributed by atoms with E-state index in [4.69, 9.17) is 9.47 Å². The molecule has 1 saturated heterocycles. The maximum atomic E-state index is 12.7. The van der Waals surface area contributed by atoms with Gasteiger partial charge in [0.1, 0.15) is 24.5 Å². The van der Waals surface area contributed by atoms with Gasteiger partial charge in [0.25, 0.3) is 0 Å². The van der Waals surface area contributed by atoms with Gasteiger partial charge in [-0.3, -0.25) is 9.59 Å². The minimum atomic E-state index is -1.48. The van der Waals surface area contributed by atoms with Crippen LogP contribution in [0.2, 0.25) is 0 Å². The summed E-state index contributed by atoms with van der Waals surface area (Å²) in [5.41, 5.74) is -0.0612. The zero-order chi connectivity index (χ0) is 23.9. The first kappa shape index (κ1) is 25.1. The topological polar surface area (TPSA) is 125 Å². The maximum Gasteiger partial charge on any atom is 0.408 e. The molecule has 10 nitrogen and oxygen atoms in total. The van der Waals surface area contributed by atoms with Crippen LogP contribution in [0.4, 0.5) is 4.79 Å². The van der Waals surface area contributed by atoms with Crippen molar-refractivity contribution in [1.82, 2.24) is 15.1 Å². The molecule has 1 aliphatic heterocycles. The number of hydrogen-bond acceptors (Lipinski definition) is 7. The van der Waals surface area contributed by atoms with Crippen LogP contribution in [0.1, 0.15) is 39.7 Å². The molecule has 0 spiro atoms. The van der Waals surface area contributed by atoms with E-state index in [1.807, 2.05) is 6.07 Å². The van der Waals surface area contributed by atoms with Crippen molar-refractivity contribution in [2.75, 3.05) is 19.6 Å². The fourth-order valence-electron chi connectivity index (χ4n) is 3.11. The van der Waals surface area contributed by atoms with Gasteiger partial charge < -0.3 is 29.7 Å². The molecule has 2 N–H and O–H groups in total. The lowest BCUT2D eigenvalue weighted by atomic mass is 10.1. The lowest BCUT2D eigenvalue weighted by Crippen LogP contribution is -2.58. The molecule has 1 aromatic rings. The van der Waals surface area contributed by atoms with E-state index in [-0.39, 0.29) is 26.1 Å². The highest BCUT2D eigenvalue weighted by atomic mass is 16.6. The normalized spacial score (nSPS) is 16.4. The van der Waals surface area contributed by atoms with E-state index < -0.39 is 41.7 Å². The average molecular weight is 450 g/mol. The Morgan fingerprint density at radius 3 is 2.38 bits per heavy atom. The number of amides is 3. The van der Waals surface area contributed by atoms with Crippen molar-refractivity contribution in [3.63, 3.8) is 0 Å². The average Bonchev–Trinajstić information content (AvgIpc) is 2.72. The number of esters is 1. The standard InChI is InChI=1S/C22H31N3O7/c1-5-24-11-12-25(19(28)18(24)27)17(26)13-16(23-21(30)32-22(2,3)4)20(29)31-14-15-9-7-6-8-10-15/h6-10,16-17,26H,5,11-14H2,1-4H3,(H,23,30)/t16-,17?/m0/s1. The van der Waals surface area contributed by atoms with Gasteiger partial charge in [-0.2, -0.15) is 0 Å². The number of aliphatic hydroxyl groups is 1. The molecule has 0 saturated carbocycles. The Bertz CT molecular complexity index is 823. The molecule has 0 radical (unpaired) electrons. The third-order valence-electron chi connectivity index (χ3n) is 4.73. The summed E-state index contributed by atoms with van der Waals surface area (Å²) >= 11 is 0. The molecule has 10 heteroatoms. The van der Waals surface area contributed by atoms with Crippen LogP contribution in [-0.4, -0.2) is 76.3 Å². The molecular weight excluding hydrogens is 418 g/mol. The summed E-state index contributed by atoms with van der Waals surface area (Å²) < 4.78 is 10.5. The summed E-state index contributed by atoms with van der Waals surface area (Å²) in [6.45, 7) is 7.47. The monoisotopic (exact) mass is 449 g/mol. The number of ether oxygens (including phenoxy) is 2. The Morgan fingerprint density at radius 1 is 1.12 bits per heavy atom. The second-order valence-electron chi connectivity index (χ2n) is 8.39. The van der Waals surface area contributed by atoms with E-state index in [0.29, 0.717) is 6.54 Å². The van der Waals surface area contributed by atoms with Gasteiger partial charge in [0, 0.05) is 26.1 Å². The van der Waals surface area contributed by atoms with Gasteiger partial charge in [0.15, 0.2) is 0 Å². The predicted octanol–water partition coefficient (Wildman–Crippen LogP) is 1.02. The van der Waals surface area contributed by atoms with E-state index in [0.717, 1.165) is 10.5 Å². The van der Waals surface area contributed by atoms with E-state index in [1.54, 1.807) is 52.0 Å². The fraction of sp³-hybridized carbons (Fsp3) is 0.545. The van der Waals surface area contributed by atoms with Crippen molar-refractivity contribution in [3.8, 4) is 0 Å². The molecule has 1 fully saturated rings. The molecule has 0 bridgehead atoms. The molecule has 2 rings (SSSR count). The first-order valence-electron chi connectivity index (χ1n) is 10.5. The van der Waals surface area contributed by atoms with Gasteiger partial charge in [-0.05, 0) is 33.3 Å². The van der Waals surface area contributed by atoms with Gasteiger partial charge in [-0.25, -0.2) is 9.59 Å². The van der Waals surface area contributed by atoms with Crippen molar-refractivity contribution < 1.29 is 33.8 Å². The molecule has 1 heterocycles. The van der Waals surface area contributed by atoms with Gasteiger partial charge in [0.2, 0.25) is 0 Å². The van der Waals surface area contributed by atoms with Crippen molar-refractivity contribution in [2.45, 2.75) is 58.6 Å². The zero-order valence-electron chi connectivity index (χ0n) is 18.9. The molecule has 2 atom stereocenters. The number of nitrogens with one attached hydrogen (secondary N) is 1. The number of likely N-dealkylation sites (N-methyl/N-ethyl adjacent to an activating group) is 1. The molecule has 3 amide bonds. The Kier molecular flexibility index (Phi) is 8.59. The Balaban J connectivity index is 2.08. The van der Waals surface area contributed by atoms with Crippen LogP contribution in [0.3, 0.4) is 0 Å². The van der Waals surface area contributed by atoms with Crippen LogP contribution in [-0.2, 0) is 30.5 Å². The molecule has 0 aromatic heterocycles. The van der Waals surface area contributed by atoms with Crippen LogP contribution in [0.5, 0.6) is 0 Å². The highest BCUT2D eigenvalue weighted by molar-refractivity contribution is 6.35. The fourth-order valence-corrected chi connectivity index (χ4v) is 3.11. The van der Waals surface area contributed by atoms with Crippen LogP contribution in [0.25, 0.3) is 0 Å². The summed E-state index contributed by atoms with van der Waals surface area (Å²) in [6.07, 6.45) is -2.71. The summed E-state index contributed by atoms with van der Waals surface area (Å²) in [7, 11) is 0. The number of hydrogen-bond donors (Lipinski definition) is 2. The predicted molar refractivity (Wildman–Crippen MR) is 114 cm³/mol. The number of benzene rings is 1. The van der Waals surface area contributed by atoms with Crippen molar-refractivity contribution in [2.24, 2.45) is 0 Å². The summed E-state index contributed by atoms with van der Waals surface area (Å²) in [6, 6.07) is 7.66. The molecular formula is C22H31N3O7. The van der Waals surface area contributed by atoms with Gasteiger partial charge in [0.05, 0.1) is 0 Å². The Hall–Kier alpha value is -3.14. The minimum Gasteiger partial charge on any atom is -0.459 e. The van der Waals surface area contributed by atoms with Crippen LogP contribution < -0.4 is 5.32 Å². The van der Waals surface area contributed by atoms with Gasteiger partial charge >= 0.3 is 23.9 Å². The van der Waals surface area contributed by atoms with E-state index in [1.165, 1.54) is 4.90 Å². The Morgan fingerprint density at radius 2 is 1.78 bits per heavy atom. The minimum absolute atomic E-state index is 0.0329. The summed E-state index contributed by atoms with van der Waals surface area (Å²) in [5, 5.41) is 13.0. The number of aliphatic hydroxyl groups excluding tert-OH is 1. The number of rotatable bonds is 8. The number of piperazine rings is 1. The Labute approximate surface area is 187 Å². The molecule has 176 valence electrons. The SMILES string of the molecule is CCN1CCN(C(O)C[C@H](NC(=O)OC(C)(C)C)C(=O)OCc2ccccc2)C(=O)C1=O. The first-order valence-corrected chi connectivity index (χ1v) is 10.5. The number of alkyl carbamates (subject to hydrolysis) is 1. The summed E-state index contributed by atoms with van der Waals surface area (Å²) in [5.74, 6) is -2.38. The smallest absolute Gasteiger partial charge is 0.408 e. The zero-order valence-corrected chi connectivity index (χ0v) is 18.9. The lowest BCUT2D eigenvalue weighted by molar-refractivity contribution is -0.165. The van der Waals surface area contributed by atoms with Crippen LogP contribution in [0.15, 0.2) is 30.3 Å². The van der Waals surface area contributed by atoms with Crippen LogP contribution >= 0.6 is 0 Å². The van der Waals surface area contributed by atoms with Gasteiger partial charge in [-0.1, -0.05) is 30.3 Å². The van der Waals surface area contributed by atoms with Crippen LogP contribution in [0, 0.1) is 0 Å². The molecule has 1 unspecified atom stereocenters. The van der Waals surface area contributed by atoms with Crippen molar-refractivity contribution >= 4 is 23.9 Å². The molecule has 1 aromatic carbocycles. The lowest BCUT2D eigenvalue weighted by Gasteiger charge is -2.36. The summed E-state index contributed by atoms with van der Waals surface area (Å²) in [4.78, 5) is 51.8. The number of nitrogens with zero attached hydrogens (tertiary/aromatic N) is 2. The van der Waals surface area contributed by atoms with E-state index in [9.17, 15) is 24.3 Å². The third-order valence-corrected chi connectivity index (χ3v) is 4.73. The molecule has 1 aliphatic rings. The third kappa shape index (κ3) is 7.23. The van der Waals surface area contributed by atoms with Crippen molar-refractivity contribution in [3.05, 3.63) is 35.9 Å². The second kappa shape index (κ2) is 10.9. The maximum absolute atomic E-state index is 12.7. The van der Waals surface area contributed by atoms with Crippen molar-refractivity contribution in [1.29, 1.82) is 0 Å². The first-order chi connectivity index (χ1) is 15.0. The highest BCUT2D eigenvalue weighted by Gasteiger charge is 2.37. The second-order valence-corrected chi connectivity index (χ2v) is 8.39. The highest BCUT2D eigenvalue weighted by Crippen LogP contribution is 2.14.